The van der Waals surface area contributed by atoms with Crippen molar-refractivity contribution < 1.29 is 9.90 Å². The Morgan fingerprint density at radius 3 is 2.12 bits per heavy atom. The molecule has 0 aliphatic heterocycles. The van der Waals surface area contributed by atoms with Crippen LogP contribution in [0.5, 0.6) is 0 Å². The molecule has 0 unspecified atom stereocenters. The molecule has 0 rings (SSSR count). The zero-order valence-corrected chi connectivity index (χ0v) is 11.1. The minimum absolute atomic E-state index is 0.113. The highest BCUT2D eigenvalue weighted by atomic mass is 16.4. The molecule has 0 saturated heterocycles. The summed E-state index contributed by atoms with van der Waals surface area (Å²) in [5.41, 5.74) is 5.21. The van der Waals surface area contributed by atoms with Gasteiger partial charge in [0.1, 0.15) is 6.04 Å². The summed E-state index contributed by atoms with van der Waals surface area (Å²) in [6.07, 6.45) is 0.842. The lowest BCUT2D eigenvalue weighted by molar-refractivity contribution is -0.143. The lowest BCUT2D eigenvalue weighted by Crippen LogP contribution is -2.50. The summed E-state index contributed by atoms with van der Waals surface area (Å²) in [7, 11) is 0. The monoisotopic (exact) mass is 230 g/mol. The highest BCUT2D eigenvalue weighted by Gasteiger charge is 2.37. The normalized spacial score (nSPS) is 14.9. The summed E-state index contributed by atoms with van der Waals surface area (Å²) in [5, 5.41) is 12.2. The molecule has 0 fully saturated rings. The Balaban J connectivity index is 4.68. The number of rotatable bonds is 6. The van der Waals surface area contributed by atoms with Crippen molar-refractivity contribution >= 4 is 5.97 Å². The van der Waals surface area contributed by atoms with E-state index in [1.807, 2.05) is 13.8 Å². The van der Waals surface area contributed by atoms with Gasteiger partial charge in [0.15, 0.2) is 0 Å². The van der Waals surface area contributed by atoms with Crippen molar-refractivity contribution in [3.63, 3.8) is 0 Å². The number of hydrogen-bond donors (Lipinski definition) is 3. The number of carboxylic acids is 1. The van der Waals surface area contributed by atoms with Crippen molar-refractivity contribution in [2.24, 2.45) is 16.6 Å². The number of hydrogen-bond acceptors (Lipinski definition) is 3. The van der Waals surface area contributed by atoms with Gasteiger partial charge in [-0.05, 0) is 17.3 Å². The summed E-state index contributed by atoms with van der Waals surface area (Å²) in [4.78, 5) is 11.2. The molecule has 0 aromatic carbocycles. The Kier molecular flexibility index (Phi) is 5.42. The van der Waals surface area contributed by atoms with E-state index >= 15 is 0 Å². The molecule has 4 heteroatoms. The SMILES string of the molecule is CC(C)(C)CC(C)(C)[C@H](NCCN)C(=O)O. The molecule has 16 heavy (non-hydrogen) atoms. The molecule has 96 valence electrons. The van der Waals surface area contributed by atoms with Crippen LogP contribution in [0.4, 0.5) is 0 Å². The largest absolute Gasteiger partial charge is 0.480 e. The van der Waals surface area contributed by atoms with E-state index in [9.17, 15) is 9.90 Å². The van der Waals surface area contributed by atoms with E-state index in [4.69, 9.17) is 5.73 Å². The van der Waals surface area contributed by atoms with Gasteiger partial charge in [-0.2, -0.15) is 0 Å². The molecule has 0 aliphatic carbocycles. The highest BCUT2D eigenvalue weighted by Crippen LogP contribution is 2.35. The second-order valence-electron chi connectivity index (χ2n) is 6.24. The molecule has 1 atom stereocenters. The van der Waals surface area contributed by atoms with Crippen molar-refractivity contribution in [3.05, 3.63) is 0 Å². The second-order valence-corrected chi connectivity index (χ2v) is 6.24. The van der Waals surface area contributed by atoms with Crippen LogP contribution in [0.1, 0.15) is 41.0 Å². The Bertz CT molecular complexity index is 232. The van der Waals surface area contributed by atoms with Crippen LogP contribution < -0.4 is 11.1 Å². The van der Waals surface area contributed by atoms with Gasteiger partial charge < -0.3 is 16.2 Å². The first-order chi connectivity index (χ1) is 7.10. The van der Waals surface area contributed by atoms with Crippen LogP contribution in [0.15, 0.2) is 0 Å². The first-order valence-electron chi connectivity index (χ1n) is 5.76. The molecule has 4 nitrogen and oxygen atoms in total. The zero-order valence-electron chi connectivity index (χ0n) is 11.1. The number of nitrogens with two attached hydrogens (primary N) is 1. The topological polar surface area (TPSA) is 75.3 Å². The molecule has 0 saturated carbocycles. The smallest absolute Gasteiger partial charge is 0.321 e. The maximum absolute atomic E-state index is 11.2. The first-order valence-corrected chi connectivity index (χ1v) is 5.76. The van der Waals surface area contributed by atoms with Crippen molar-refractivity contribution in [2.45, 2.75) is 47.1 Å². The van der Waals surface area contributed by atoms with E-state index in [2.05, 4.69) is 26.1 Å². The molecule has 0 amide bonds. The molecular weight excluding hydrogens is 204 g/mol. The predicted octanol–water partition coefficient (Wildman–Crippen LogP) is 1.45. The molecule has 0 bridgehead atoms. The van der Waals surface area contributed by atoms with Crippen LogP contribution in [0.2, 0.25) is 0 Å². The maximum atomic E-state index is 11.2. The van der Waals surface area contributed by atoms with E-state index in [1.165, 1.54) is 0 Å². The second kappa shape index (κ2) is 5.64. The lowest BCUT2D eigenvalue weighted by Gasteiger charge is -2.37. The third kappa shape index (κ3) is 5.47. The van der Waals surface area contributed by atoms with Gasteiger partial charge in [-0.1, -0.05) is 34.6 Å². The van der Waals surface area contributed by atoms with Crippen molar-refractivity contribution in [1.29, 1.82) is 0 Å². The summed E-state index contributed by atoms with van der Waals surface area (Å²) >= 11 is 0. The average molecular weight is 230 g/mol. The third-order valence-corrected chi connectivity index (χ3v) is 2.51. The zero-order chi connectivity index (χ0) is 13.0. The molecule has 0 aromatic heterocycles. The first kappa shape index (κ1) is 15.4. The Hall–Kier alpha value is -0.610. The van der Waals surface area contributed by atoms with Gasteiger partial charge >= 0.3 is 5.97 Å². The summed E-state index contributed by atoms with van der Waals surface area (Å²) in [6.45, 7) is 11.3. The fourth-order valence-corrected chi connectivity index (χ4v) is 2.39. The number of aliphatic carboxylic acids is 1. The van der Waals surface area contributed by atoms with E-state index in [0.717, 1.165) is 6.42 Å². The van der Waals surface area contributed by atoms with Crippen molar-refractivity contribution in [2.75, 3.05) is 13.1 Å². The average Bonchev–Trinajstić information content (AvgIpc) is 1.98. The van der Waals surface area contributed by atoms with Gasteiger partial charge in [-0.3, -0.25) is 4.79 Å². The van der Waals surface area contributed by atoms with Gasteiger partial charge in [0.05, 0.1) is 0 Å². The highest BCUT2D eigenvalue weighted by molar-refractivity contribution is 5.74. The van der Waals surface area contributed by atoms with Crippen molar-refractivity contribution in [1.82, 2.24) is 5.32 Å². The molecule has 0 spiro atoms. The number of carboxylic acid groups (broad SMARTS) is 1. The molecular formula is C12H26N2O2. The third-order valence-electron chi connectivity index (χ3n) is 2.51. The summed E-state index contributed by atoms with van der Waals surface area (Å²) in [6, 6.07) is -0.546. The summed E-state index contributed by atoms with van der Waals surface area (Å²) in [5.74, 6) is -0.803. The van der Waals surface area contributed by atoms with Crippen LogP contribution in [0.3, 0.4) is 0 Å². The minimum atomic E-state index is -0.803. The predicted molar refractivity (Wildman–Crippen MR) is 66.3 cm³/mol. The van der Waals surface area contributed by atoms with E-state index < -0.39 is 12.0 Å². The standard InChI is InChI=1S/C12H26N2O2/c1-11(2,3)8-12(4,5)9(10(15)16)14-7-6-13/h9,14H,6-8,13H2,1-5H3,(H,15,16)/t9-/m1/s1. The number of carbonyl (C=O) groups is 1. The number of nitrogens with one attached hydrogen (secondary N) is 1. The summed E-state index contributed by atoms with van der Waals surface area (Å²) < 4.78 is 0. The van der Waals surface area contributed by atoms with Crippen LogP contribution in [-0.2, 0) is 4.79 Å². The molecule has 0 aromatic rings. The van der Waals surface area contributed by atoms with Gasteiger partial charge in [-0.15, -0.1) is 0 Å². The molecule has 0 radical (unpaired) electrons. The van der Waals surface area contributed by atoms with Gasteiger partial charge in [0.2, 0.25) is 0 Å². The Morgan fingerprint density at radius 1 is 1.31 bits per heavy atom. The van der Waals surface area contributed by atoms with Gasteiger partial charge in [0.25, 0.3) is 0 Å². The maximum Gasteiger partial charge on any atom is 0.321 e. The van der Waals surface area contributed by atoms with E-state index in [0.29, 0.717) is 13.1 Å². The fourth-order valence-electron chi connectivity index (χ4n) is 2.39. The lowest BCUT2D eigenvalue weighted by atomic mass is 9.72. The van der Waals surface area contributed by atoms with Crippen LogP contribution >= 0.6 is 0 Å². The van der Waals surface area contributed by atoms with E-state index in [-0.39, 0.29) is 10.8 Å². The van der Waals surface area contributed by atoms with E-state index in [1.54, 1.807) is 0 Å². The Labute approximate surface area is 98.6 Å². The quantitative estimate of drug-likeness (QED) is 0.645. The van der Waals surface area contributed by atoms with Gasteiger partial charge in [-0.25, -0.2) is 0 Å². The minimum Gasteiger partial charge on any atom is -0.480 e. The van der Waals surface area contributed by atoms with Crippen molar-refractivity contribution in [3.8, 4) is 0 Å². The molecule has 0 aliphatic rings. The van der Waals surface area contributed by atoms with Crippen LogP contribution in [-0.4, -0.2) is 30.2 Å². The molecule has 0 heterocycles. The van der Waals surface area contributed by atoms with Crippen LogP contribution in [0, 0.1) is 10.8 Å². The fraction of sp³-hybridized carbons (Fsp3) is 0.917. The van der Waals surface area contributed by atoms with Gasteiger partial charge in [0, 0.05) is 13.1 Å². The van der Waals surface area contributed by atoms with Crippen LogP contribution in [0.25, 0.3) is 0 Å². The molecule has 4 N–H and O–H groups in total. The Morgan fingerprint density at radius 2 is 1.81 bits per heavy atom.